The number of halogens is 6. The van der Waals surface area contributed by atoms with Crippen molar-refractivity contribution in [2.75, 3.05) is 11.1 Å². The fourth-order valence-corrected chi connectivity index (χ4v) is 6.01. The largest absolute Gasteiger partial charge is 0.483 e. The number of nitrogens with one attached hydrogen (secondary N) is 2. The highest BCUT2D eigenvalue weighted by Crippen LogP contribution is 2.30. The number of anilines is 2. The lowest BCUT2D eigenvalue weighted by atomic mass is 9.92. The zero-order valence-electron chi connectivity index (χ0n) is 40.0. The van der Waals surface area contributed by atoms with E-state index in [2.05, 4.69) is 10.6 Å². The van der Waals surface area contributed by atoms with Crippen LogP contribution in [0, 0.1) is 11.8 Å². The van der Waals surface area contributed by atoms with Crippen LogP contribution in [0.15, 0.2) is 133 Å². The first-order chi connectivity index (χ1) is 33.1. The summed E-state index contributed by atoms with van der Waals surface area (Å²) in [5.41, 5.74) is 11.6. The summed E-state index contributed by atoms with van der Waals surface area (Å²) >= 11 is 0. The van der Waals surface area contributed by atoms with Gasteiger partial charge < -0.3 is 37.1 Å². The number of alkyl carbamates (subject to hydrolysis) is 1. The minimum absolute atomic E-state index is 0.0964. The molecule has 0 saturated heterocycles. The fourth-order valence-electron chi connectivity index (χ4n) is 6.01. The Morgan fingerprint density at radius 3 is 1.46 bits per heavy atom. The van der Waals surface area contributed by atoms with Crippen LogP contribution in [0.5, 0.6) is 0 Å². The van der Waals surface area contributed by atoms with Crippen molar-refractivity contribution in [1.82, 2.24) is 5.32 Å². The first-order valence-electron chi connectivity index (χ1n) is 22.1. The smallest absolute Gasteiger partial charge is 0.416 e. The number of nitrogen functional groups attached to an aromatic ring is 1. The number of carboxylic acid groups (broad SMARTS) is 2. The van der Waals surface area contributed by atoms with Crippen molar-refractivity contribution in [3.8, 4) is 0 Å². The van der Waals surface area contributed by atoms with E-state index >= 15 is 0 Å². The molecule has 386 valence electrons. The molecule has 0 spiro atoms. The molecular formula is C52H62F6N4O9. The fraction of sp³-hybridized carbons (Fsp3) is 0.346. The molecule has 0 aromatic heterocycles. The first kappa shape index (κ1) is 61.7. The van der Waals surface area contributed by atoms with Gasteiger partial charge in [-0.2, -0.15) is 26.3 Å². The van der Waals surface area contributed by atoms with Gasteiger partial charge >= 0.3 is 24.4 Å². The normalized spacial score (nSPS) is 13.0. The average molecular weight is 1000 g/mol. The maximum atomic E-state index is 12.6. The lowest BCUT2D eigenvalue weighted by Gasteiger charge is -2.22. The van der Waals surface area contributed by atoms with Crippen molar-refractivity contribution in [1.29, 1.82) is 0 Å². The number of alkyl halides is 6. The number of allylic oxidation sites excluding steroid dienone is 2. The Hall–Kier alpha value is -7.28. The van der Waals surface area contributed by atoms with E-state index in [0.717, 1.165) is 54.3 Å². The molecule has 4 aromatic carbocycles. The number of carboxylic acids is 1. The Morgan fingerprint density at radius 1 is 0.662 bits per heavy atom. The molecule has 8 N–H and O–H groups in total. The summed E-state index contributed by atoms with van der Waals surface area (Å²) in [6.45, 7) is 8.21. The molecule has 0 fully saturated rings. The first-order valence-corrected chi connectivity index (χ1v) is 22.1. The van der Waals surface area contributed by atoms with Crippen LogP contribution >= 0.6 is 0 Å². The van der Waals surface area contributed by atoms with Gasteiger partial charge in [0, 0.05) is 30.3 Å². The monoisotopic (exact) mass is 1000 g/mol. The summed E-state index contributed by atoms with van der Waals surface area (Å²) in [4.78, 5) is 67.7. The maximum Gasteiger partial charge on any atom is 0.416 e. The van der Waals surface area contributed by atoms with Gasteiger partial charge in [0.25, 0.3) is 6.47 Å². The van der Waals surface area contributed by atoms with Crippen molar-refractivity contribution in [2.45, 2.75) is 103 Å². The molecular weight excluding hydrogens is 939 g/mol. The Morgan fingerprint density at radius 2 is 1.07 bits per heavy atom. The standard InChI is InChI=1S/C23H25F3N2O2.C21H29NO5.C7H6F3N.CH2O2/c1-16(27)21(29)15-18(8-7-17-5-3-2-4-6-17)9-14-22(30)28-20-12-10-19(11-13-20)23(24,25)26;1-15(22-20(26)27-21(2,3)4)18(23)14-17(12-13-19(24)25)11-10-16-8-6-5-7-9-16;8-7(9,10)5-1-3-6(11)4-2-5;2-1-3/h2-6,9-14,16,18H,7-8,15,27H2,1H3,(H,28,30);5-9,12-13,15,17H,10-11,14H2,1-4H3,(H,22,26)(H,24,25);1-4H,11H2;1H,(H,2,3)/b14-9+;13-12+;;/t16-,18-;15-,17-;;/m00../s1. The lowest BCUT2D eigenvalue weighted by Crippen LogP contribution is -2.42. The highest BCUT2D eigenvalue weighted by Gasteiger charge is 2.31. The Bertz CT molecular complexity index is 2300. The third kappa shape index (κ3) is 28.7. The predicted octanol–water partition coefficient (Wildman–Crippen LogP) is 10.5. The van der Waals surface area contributed by atoms with Gasteiger partial charge in [0.1, 0.15) is 11.4 Å². The topological polar surface area (TPSA) is 228 Å². The molecule has 4 rings (SSSR count). The highest BCUT2D eigenvalue weighted by molar-refractivity contribution is 5.99. The number of aliphatic carboxylic acids is 1. The molecule has 13 nitrogen and oxygen atoms in total. The van der Waals surface area contributed by atoms with Crippen LogP contribution < -0.4 is 22.1 Å². The Kier molecular flexibility index (Phi) is 27.0. The minimum atomic E-state index is -4.43. The van der Waals surface area contributed by atoms with Crippen molar-refractivity contribution in [2.24, 2.45) is 17.6 Å². The van der Waals surface area contributed by atoms with Gasteiger partial charge in [0.05, 0.1) is 23.2 Å². The van der Waals surface area contributed by atoms with Crippen LogP contribution in [-0.4, -0.2) is 63.9 Å². The number of carbonyl (C=O) groups is 6. The molecule has 0 saturated carbocycles. The van der Waals surface area contributed by atoms with E-state index in [4.69, 9.17) is 31.2 Å². The number of rotatable bonds is 18. The van der Waals surface area contributed by atoms with Gasteiger partial charge in [-0.05, 0) is 138 Å². The molecule has 0 aliphatic heterocycles. The van der Waals surface area contributed by atoms with Crippen LogP contribution in [0.2, 0.25) is 0 Å². The molecule has 4 atom stereocenters. The number of amides is 2. The Balaban J connectivity index is 0.000000562. The van der Waals surface area contributed by atoms with Gasteiger partial charge in [0.2, 0.25) is 5.91 Å². The van der Waals surface area contributed by atoms with Crippen molar-refractivity contribution in [3.05, 3.63) is 156 Å². The van der Waals surface area contributed by atoms with E-state index in [1.165, 1.54) is 30.3 Å². The molecule has 0 aliphatic carbocycles. The second kappa shape index (κ2) is 31.0. The third-order valence-corrected chi connectivity index (χ3v) is 9.69. The molecule has 71 heavy (non-hydrogen) atoms. The van der Waals surface area contributed by atoms with Gasteiger partial charge in [-0.3, -0.25) is 19.2 Å². The highest BCUT2D eigenvalue weighted by atomic mass is 19.4. The van der Waals surface area contributed by atoms with Crippen LogP contribution in [-0.2, 0) is 53.9 Å². The number of Topliss-reactive ketones (excluding diaryl/α,β-unsaturated/α-hetero) is 2. The Labute approximate surface area is 409 Å². The predicted molar refractivity (Wildman–Crippen MR) is 259 cm³/mol. The van der Waals surface area contributed by atoms with Crippen molar-refractivity contribution >= 4 is 47.4 Å². The summed E-state index contributed by atoms with van der Waals surface area (Å²) in [5, 5.41) is 20.8. The average Bonchev–Trinajstić information content (AvgIpc) is 3.28. The van der Waals surface area contributed by atoms with E-state index < -0.39 is 59.1 Å². The van der Waals surface area contributed by atoms with Crippen LogP contribution in [0.4, 0.5) is 42.5 Å². The summed E-state index contributed by atoms with van der Waals surface area (Å²) < 4.78 is 78.6. The van der Waals surface area contributed by atoms with Gasteiger partial charge in [0.15, 0.2) is 5.78 Å². The summed E-state index contributed by atoms with van der Waals surface area (Å²) in [5.74, 6) is -2.20. The number of benzene rings is 4. The zero-order chi connectivity index (χ0) is 53.8. The molecule has 0 heterocycles. The molecule has 0 unspecified atom stereocenters. The van der Waals surface area contributed by atoms with E-state index in [1.54, 1.807) is 46.8 Å². The van der Waals surface area contributed by atoms with Gasteiger partial charge in [-0.25, -0.2) is 9.59 Å². The van der Waals surface area contributed by atoms with E-state index in [-0.39, 0.29) is 48.4 Å². The molecule has 0 bridgehead atoms. The summed E-state index contributed by atoms with van der Waals surface area (Å²) in [6.07, 6.45) is -0.644. The van der Waals surface area contributed by atoms with Crippen LogP contribution in [0.1, 0.15) is 82.6 Å². The number of hydrogen-bond acceptors (Lipinski definition) is 9. The second-order valence-corrected chi connectivity index (χ2v) is 16.9. The van der Waals surface area contributed by atoms with E-state index in [9.17, 15) is 50.3 Å². The molecule has 19 heteroatoms. The van der Waals surface area contributed by atoms with E-state index in [1.807, 2.05) is 60.7 Å². The number of nitrogens with two attached hydrogens (primary N) is 2. The van der Waals surface area contributed by atoms with Crippen LogP contribution in [0.3, 0.4) is 0 Å². The number of carbonyl (C=O) groups excluding carboxylic acids is 4. The molecule has 0 aliphatic rings. The quantitative estimate of drug-likeness (QED) is 0.0238. The van der Waals surface area contributed by atoms with Crippen molar-refractivity contribution in [3.63, 3.8) is 0 Å². The number of aryl methyl sites for hydroxylation is 2. The molecule has 0 radical (unpaired) electrons. The SMILES string of the molecule is C[C@H](N)C(=O)C[C@H](/C=C/C(=O)Nc1ccc(C(F)(F)F)cc1)CCc1ccccc1.C[C@H](NC(=O)OC(C)(C)C)C(=O)C[C@H](/C=C/C(=O)O)CCc1ccccc1.Nc1ccc(C(F)(F)F)cc1.O=CO. The molecule has 4 aromatic rings. The van der Waals surface area contributed by atoms with Gasteiger partial charge in [-0.1, -0.05) is 72.8 Å². The minimum Gasteiger partial charge on any atom is -0.483 e. The third-order valence-electron chi connectivity index (χ3n) is 9.69. The lowest BCUT2D eigenvalue weighted by molar-refractivity contribution is -0.138. The number of hydrogen-bond donors (Lipinski definition) is 6. The van der Waals surface area contributed by atoms with Gasteiger partial charge in [-0.15, -0.1) is 0 Å². The number of ketones is 2. The number of ether oxygens (including phenoxy) is 1. The summed E-state index contributed by atoms with van der Waals surface area (Å²) in [6, 6.07) is 26.8. The summed E-state index contributed by atoms with van der Waals surface area (Å²) in [7, 11) is 0. The zero-order valence-corrected chi connectivity index (χ0v) is 40.0. The maximum absolute atomic E-state index is 12.6. The molecule has 2 amide bonds. The van der Waals surface area contributed by atoms with Crippen molar-refractivity contribution < 1.29 is 70.1 Å². The van der Waals surface area contributed by atoms with E-state index in [0.29, 0.717) is 18.5 Å². The van der Waals surface area contributed by atoms with Crippen LogP contribution in [0.25, 0.3) is 0 Å². The second-order valence-electron chi connectivity index (χ2n) is 16.9.